The third-order valence-corrected chi connectivity index (χ3v) is 1.97. The third kappa shape index (κ3) is 2.97. The molecule has 0 bridgehead atoms. The number of aromatic carboxylic acids is 1. The van der Waals surface area contributed by atoms with Crippen LogP contribution in [0.5, 0.6) is 0 Å². The van der Waals surface area contributed by atoms with Gasteiger partial charge in [0, 0.05) is 12.7 Å². The second-order valence-electron chi connectivity index (χ2n) is 3.16. The van der Waals surface area contributed by atoms with E-state index in [0.717, 1.165) is 0 Å². The largest absolute Gasteiger partial charge is 0.477 e. The Balaban J connectivity index is 1.90. The molecule has 0 saturated heterocycles. The van der Waals surface area contributed by atoms with E-state index < -0.39 is 5.97 Å². The first kappa shape index (κ1) is 11.0. The van der Waals surface area contributed by atoms with E-state index in [9.17, 15) is 4.79 Å². The Bertz CT molecular complexity index is 498. The fourth-order valence-electron chi connectivity index (χ4n) is 1.19. The number of anilines is 1. The minimum atomic E-state index is -1.08. The van der Waals surface area contributed by atoms with Crippen LogP contribution in [0.1, 0.15) is 10.5 Å². The van der Waals surface area contributed by atoms with Crippen LogP contribution >= 0.6 is 0 Å². The van der Waals surface area contributed by atoms with E-state index in [1.165, 1.54) is 18.6 Å². The average Bonchev–Trinajstić information content (AvgIpc) is 2.82. The molecular formula is C9H10N6O2. The minimum absolute atomic E-state index is 0.0387. The van der Waals surface area contributed by atoms with E-state index in [1.54, 1.807) is 11.0 Å². The molecule has 0 aliphatic heterocycles. The predicted molar refractivity (Wildman–Crippen MR) is 57.5 cm³/mol. The van der Waals surface area contributed by atoms with Crippen molar-refractivity contribution in [3.05, 3.63) is 30.6 Å². The lowest BCUT2D eigenvalue weighted by molar-refractivity contribution is 0.0690. The maximum Gasteiger partial charge on any atom is 0.354 e. The number of carboxylic acids is 1. The summed E-state index contributed by atoms with van der Waals surface area (Å²) >= 11 is 0. The number of nitrogens with one attached hydrogen (secondary N) is 1. The highest BCUT2D eigenvalue weighted by Crippen LogP contribution is 1.99. The number of hydrogen-bond donors (Lipinski definition) is 2. The molecule has 0 radical (unpaired) electrons. The van der Waals surface area contributed by atoms with E-state index in [4.69, 9.17) is 5.11 Å². The summed E-state index contributed by atoms with van der Waals surface area (Å²) in [6.07, 6.45) is 4.44. The van der Waals surface area contributed by atoms with Crippen LogP contribution in [0.3, 0.4) is 0 Å². The van der Waals surface area contributed by atoms with Gasteiger partial charge in [-0.05, 0) is 6.07 Å². The summed E-state index contributed by atoms with van der Waals surface area (Å²) in [4.78, 5) is 22.2. The summed E-state index contributed by atoms with van der Waals surface area (Å²) in [5.74, 6) is -0.795. The van der Waals surface area contributed by atoms with Gasteiger partial charge >= 0.3 is 5.97 Å². The van der Waals surface area contributed by atoms with Crippen LogP contribution in [0.4, 0.5) is 5.95 Å². The van der Waals surface area contributed by atoms with Crippen LogP contribution in [0.15, 0.2) is 24.9 Å². The summed E-state index contributed by atoms with van der Waals surface area (Å²) in [6.45, 7) is 1.13. The summed E-state index contributed by atoms with van der Waals surface area (Å²) in [7, 11) is 0. The van der Waals surface area contributed by atoms with Crippen molar-refractivity contribution in [2.45, 2.75) is 6.54 Å². The van der Waals surface area contributed by atoms with Crippen molar-refractivity contribution >= 4 is 11.9 Å². The Labute approximate surface area is 96.4 Å². The Morgan fingerprint density at radius 2 is 2.41 bits per heavy atom. The van der Waals surface area contributed by atoms with Crippen LogP contribution < -0.4 is 5.32 Å². The summed E-state index contributed by atoms with van der Waals surface area (Å²) in [5.41, 5.74) is -0.0387. The minimum Gasteiger partial charge on any atom is -0.477 e. The number of carboxylic acid groups (broad SMARTS) is 1. The molecule has 8 heteroatoms. The Hall–Kier alpha value is -2.51. The lowest BCUT2D eigenvalue weighted by Crippen LogP contribution is -2.13. The normalized spacial score (nSPS) is 10.1. The van der Waals surface area contributed by atoms with Gasteiger partial charge in [0.25, 0.3) is 0 Å². The van der Waals surface area contributed by atoms with Gasteiger partial charge in [0.05, 0.1) is 6.54 Å². The van der Waals surface area contributed by atoms with Gasteiger partial charge < -0.3 is 10.4 Å². The van der Waals surface area contributed by atoms with Gasteiger partial charge in [0.2, 0.25) is 5.95 Å². The van der Waals surface area contributed by atoms with Crippen molar-refractivity contribution in [3.8, 4) is 0 Å². The maximum atomic E-state index is 10.7. The van der Waals surface area contributed by atoms with Crippen molar-refractivity contribution in [2.24, 2.45) is 0 Å². The van der Waals surface area contributed by atoms with Crippen LogP contribution in [0.25, 0.3) is 0 Å². The highest BCUT2D eigenvalue weighted by molar-refractivity contribution is 5.85. The number of nitrogens with zero attached hydrogens (tertiary/aromatic N) is 5. The molecule has 2 aromatic heterocycles. The van der Waals surface area contributed by atoms with Gasteiger partial charge in [-0.1, -0.05) is 0 Å². The highest BCUT2D eigenvalue weighted by atomic mass is 16.4. The molecule has 0 amide bonds. The summed E-state index contributed by atoms with van der Waals surface area (Å²) in [6, 6.07) is 1.34. The first-order chi connectivity index (χ1) is 8.25. The van der Waals surface area contributed by atoms with E-state index in [2.05, 4.69) is 25.4 Å². The van der Waals surface area contributed by atoms with Crippen molar-refractivity contribution in [1.29, 1.82) is 0 Å². The van der Waals surface area contributed by atoms with Crippen molar-refractivity contribution in [2.75, 3.05) is 11.9 Å². The van der Waals surface area contributed by atoms with Crippen LogP contribution in [-0.4, -0.2) is 42.4 Å². The van der Waals surface area contributed by atoms with Gasteiger partial charge in [-0.25, -0.2) is 19.7 Å². The second kappa shape index (κ2) is 5.01. The molecule has 17 heavy (non-hydrogen) atoms. The molecule has 2 aromatic rings. The zero-order chi connectivity index (χ0) is 12.1. The van der Waals surface area contributed by atoms with Gasteiger partial charge in [-0.3, -0.25) is 4.68 Å². The molecule has 88 valence electrons. The highest BCUT2D eigenvalue weighted by Gasteiger charge is 2.05. The fourth-order valence-corrected chi connectivity index (χ4v) is 1.19. The molecule has 0 unspecified atom stereocenters. The van der Waals surface area contributed by atoms with Crippen molar-refractivity contribution in [1.82, 2.24) is 24.7 Å². The molecule has 0 saturated carbocycles. The Kier molecular flexibility index (Phi) is 3.24. The van der Waals surface area contributed by atoms with E-state index >= 15 is 0 Å². The van der Waals surface area contributed by atoms with Crippen molar-refractivity contribution in [3.63, 3.8) is 0 Å². The second-order valence-corrected chi connectivity index (χ2v) is 3.16. The van der Waals surface area contributed by atoms with Gasteiger partial charge in [0.15, 0.2) is 5.69 Å². The molecule has 8 nitrogen and oxygen atoms in total. The SMILES string of the molecule is O=C(O)c1ccnc(NCCn2cncn2)n1. The lowest BCUT2D eigenvalue weighted by Gasteiger charge is -2.04. The van der Waals surface area contributed by atoms with E-state index in [0.29, 0.717) is 13.1 Å². The van der Waals surface area contributed by atoms with Crippen molar-refractivity contribution < 1.29 is 9.90 Å². The van der Waals surface area contributed by atoms with Crippen LogP contribution in [-0.2, 0) is 6.54 Å². The molecule has 2 rings (SSSR count). The molecule has 0 aliphatic rings. The Morgan fingerprint density at radius 1 is 1.53 bits per heavy atom. The number of hydrogen-bond acceptors (Lipinski definition) is 6. The third-order valence-electron chi connectivity index (χ3n) is 1.97. The van der Waals surface area contributed by atoms with Gasteiger partial charge in [-0.15, -0.1) is 0 Å². The quantitative estimate of drug-likeness (QED) is 0.742. The number of aromatic nitrogens is 5. The summed E-state index contributed by atoms with van der Waals surface area (Å²) < 4.78 is 1.65. The van der Waals surface area contributed by atoms with E-state index in [1.807, 2.05) is 0 Å². The zero-order valence-electron chi connectivity index (χ0n) is 8.82. The van der Waals surface area contributed by atoms with Crippen LogP contribution in [0.2, 0.25) is 0 Å². The number of rotatable bonds is 5. The maximum absolute atomic E-state index is 10.7. The topological polar surface area (TPSA) is 106 Å². The molecule has 2 heterocycles. The molecule has 0 atom stereocenters. The monoisotopic (exact) mass is 234 g/mol. The zero-order valence-corrected chi connectivity index (χ0v) is 8.82. The molecular weight excluding hydrogens is 224 g/mol. The molecule has 0 aliphatic carbocycles. The average molecular weight is 234 g/mol. The lowest BCUT2D eigenvalue weighted by atomic mass is 10.4. The predicted octanol–water partition coefficient (Wildman–Crippen LogP) is -0.122. The molecule has 0 fully saturated rings. The van der Waals surface area contributed by atoms with Gasteiger partial charge in [0.1, 0.15) is 12.7 Å². The number of carbonyl (C=O) groups is 1. The molecule has 0 aromatic carbocycles. The molecule has 2 N–H and O–H groups in total. The molecule has 0 spiro atoms. The Morgan fingerprint density at radius 3 is 3.12 bits per heavy atom. The fraction of sp³-hybridized carbons (Fsp3) is 0.222. The standard InChI is InChI=1S/C9H10N6O2/c16-8(17)7-1-2-11-9(14-7)12-3-4-15-6-10-5-13-15/h1-2,5-6H,3-4H2,(H,16,17)(H,11,12,14). The van der Waals surface area contributed by atoms with Gasteiger partial charge in [-0.2, -0.15) is 5.10 Å². The van der Waals surface area contributed by atoms with E-state index in [-0.39, 0.29) is 11.6 Å². The first-order valence-corrected chi connectivity index (χ1v) is 4.88. The van der Waals surface area contributed by atoms with Crippen LogP contribution in [0, 0.1) is 0 Å². The smallest absolute Gasteiger partial charge is 0.354 e. The first-order valence-electron chi connectivity index (χ1n) is 4.88. The summed E-state index contributed by atoms with van der Waals surface area (Å²) in [5, 5.41) is 15.6.